The Balaban J connectivity index is 2.54. The zero-order valence-corrected chi connectivity index (χ0v) is 9.54. The van der Waals surface area contributed by atoms with Crippen LogP contribution in [0.3, 0.4) is 0 Å². The molecule has 2 nitrogen and oxygen atoms in total. The van der Waals surface area contributed by atoms with Gasteiger partial charge in [0.05, 0.1) is 20.7 Å². The van der Waals surface area contributed by atoms with Crippen LogP contribution < -0.4 is 5.32 Å². The van der Waals surface area contributed by atoms with Crippen molar-refractivity contribution < 1.29 is 4.21 Å². The molecule has 1 N–H and O–H groups in total. The van der Waals surface area contributed by atoms with Crippen molar-refractivity contribution in [2.45, 2.75) is 17.9 Å². The van der Waals surface area contributed by atoms with Crippen molar-refractivity contribution in [1.29, 1.82) is 0 Å². The zero-order valence-electron chi connectivity index (χ0n) is 7.97. The molecule has 0 fully saturated rings. The predicted molar refractivity (Wildman–Crippen MR) is 59.2 cm³/mol. The molecular formula is C10H12ClNOS. The maximum absolute atomic E-state index is 11.4. The molecule has 0 saturated heterocycles. The van der Waals surface area contributed by atoms with Gasteiger partial charge in [-0.1, -0.05) is 17.7 Å². The summed E-state index contributed by atoms with van der Waals surface area (Å²) in [4.78, 5) is 0.745. The van der Waals surface area contributed by atoms with E-state index < -0.39 is 10.8 Å². The Kier molecular flexibility index (Phi) is 2.91. The maximum atomic E-state index is 11.4. The van der Waals surface area contributed by atoms with Crippen molar-refractivity contribution in [2.24, 2.45) is 0 Å². The van der Waals surface area contributed by atoms with Gasteiger partial charge in [-0.15, -0.1) is 0 Å². The molecule has 0 aliphatic carbocycles. The van der Waals surface area contributed by atoms with Gasteiger partial charge in [0, 0.05) is 12.8 Å². The Hall–Kier alpha value is -0.380. The molecule has 1 aromatic rings. The quantitative estimate of drug-likeness (QED) is 0.795. The van der Waals surface area contributed by atoms with Crippen LogP contribution in [0.5, 0.6) is 0 Å². The van der Waals surface area contributed by atoms with Crippen molar-refractivity contribution in [3.8, 4) is 0 Å². The van der Waals surface area contributed by atoms with Gasteiger partial charge in [-0.05, 0) is 30.2 Å². The SMILES string of the molecule is CS(=O)c1ccc2c(c1Cl)CNCC2. The number of halogens is 1. The van der Waals surface area contributed by atoms with Crippen LogP contribution in [0.1, 0.15) is 11.1 Å². The van der Waals surface area contributed by atoms with E-state index in [-0.39, 0.29) is 0 Å². The summed E-state index contributed by atoms with van der Waals surface area (Å²) in [6, 6.07) is 3.92. The average molecular weight is 230 g/mol. The highest BCUT2D eigenvalue weighted by Gasteiger charge is 2.15. The van der Waals surface area contributed by atoms with E-state index >= 15 is 0 Å². The number of rotatable bonds is 1. The van der Waals surface area contributed by atoms with Crippen LogP contribution in [0.4, 0.5) is 0 Å². The third kappa shape index (κ3) is 1.72. The van der Waals surface area contributed by atoms with Crippen molar-refractivity contribution in [1.82, 2.24) is 5.32 Å². The van der Waals surface area contributed by atoms with E-state index in [0.29, 0.717) is 5.02 Å². The van der Waals surface area contributed by atoms with Crippen molar-refractivity contribution in [3.63, 3.8) is 0 Å². The summed E-state index contributed by atoms with van der Waals surface area (Å²) in [6.45, 7) is 1.79. The molecule has 76 valence electrons. The Morgan fingerprint density at radius 3 is 3.00 bits per heavy atom. The zero-order chi connectivity index (χ0) is 10.1. The Bertz CT molecular complexity index is 392. The first-order valence-corrected chi connectivity index (χ1v) is 6.48. The van der Waals surface area contributed by atoms with E-state index in [1.807, 2.05) is 12.1 Å². The fourth-order valence-corrected chi connectivity index (χ4v) is 2.94. The minimum absolute atomic E-state index is 0.676. The number of hydrogen-bond acceptors (Lipinski definition) is 2. The van der Waals surface area contributed by atoms with Crippen molar-refractivity contribution in [2.75, 3.05) is 12.8 Å². The highest BCUT2D eigenvalue weighted by Crippen LogP contribution is 2.28. The third-order valence-electron chi connectivity index (χ3n) is 2.49. The van der Waals surface area contributed by atoms with Crippen molar-refractivity contribution >= 4 is 22.4 Å². The van der Waals surface area contributed by atoms with Gasteiger partial charge in [0.1, 0.15) is 0 Å². The lowest BCUT2D eigenvalue weighted by Crippen LogP contribution is -2.24. The normalized spacial score (nSPS) is 17.6. The molecule has 1 aromatic carbocycles. The topological polar surface area (TPSA) is 29.1 Å². The van der Waals surface area contributed by atoms with Gasteiger partial charge in [0.25, 0.3) is 0 Å². The van der Waals surface area contributed by atoms with Crippen LogP contribution in [-0.4, -0.2) is 17.0 Å². The summed E-state index contributed by atoms with van der Waals surface area (Å²) >= 11 is 6.19. The van der Waals surface area contributed by atoms with Crippen LogP contribution in [-0.2, 0) is 23.8 Å². The fraction of sp³-hybridized carbons (Fsp3) is 0.400. The standard InChI is InChI=1S/C10H12ClNOS/c1-14(13)9-3-2-7-4-5-12-6-8(7)10(9)11/h2-3,12H,4-6H2,1H3. The first kappa shape index (κ1) is 10.1. The molecule has 1 aliphatic rings. The molecular weight excluding hydrogens is 218 g/mol. The van der Waals surface area contributed by atoms with Gasteiger partial charge in [-0.3, -0.25) is 4.21 Å². The van der Waals surface area contributed by atoms with E-state index in [2.05, 4.69) is 5.32 Å². The van der Waals surface area contributed by atoms with Crippen LogP contribution in [0.2, 0.25) is 5.02 Å². The molecule has 1 heterocycles. The molecule has 1 aliphatic heterocycles. The molecule has 2 rings (SSSR count). The van der Waals surface area contributed by atoms with Crippen LogP contribution in [0.15, 0.2) is 17.0 Å². The van der Waals surface area contributed by atoms with Gasteiger partial charge >= 0.3 is 0 Å². The van der Waals surface area contributed by atoms with Gasteiger partial charge in [0.15, 0.2) is 0 Å². The summed E-state index contributed by atoms with van der Waals surface area (Å²) in [6.07, 6.45) is 2.66. The predicted octanol–water partition coefficient (Wildman–Crippen LogP) is 1.72. The molecule has 0 saturated carbocycles. The van der Waals surface area contributed by atoms with Gasteiger partial charge in [0.2, 0.25) is 0 Å². The van der Waals surface area contributed by atoms with E-state index in [1.54, 1.807) is 6.26 Å². The third-order valence-corrected chi connectivity index (χ3v) is 3.99. The Morgan fingerprint density at radius 1 is 1.50 bits per heavy atom. The highest BCUT2D eigenvalue weighted by molar-refractivity contribution is 7.84. The minimum Gasteiger partial charge on any atom is -0.312 e. The van der Waals surface area contributed by atoms with E-state index in [4.69, 9.17) is 11.6 Å². The number of fused-ring (bicyclic) bond motifs is 1. The second kappa shape index (κ2) is 4.01. The average Bonchev–Trinajstić information content (AvgIpc) is 2.18. The van der Waals surface area contributed by atoms with Crippen molar-refractivity contribution in [3.05, 3.63) is 28.3 Å². The first-order chi connectivity index (χ1) is 6.70. The Morgan fingerprint density at radius 2 is 2.29 bits per heavy atom. The molecule has 1 atom stereocenters. The summed E-state index contributed by atoms with van der Waals surface area (Å²) in [5, 5.41) is 3.94. The molecule has 0 bridgehead atoms. The summed E-state index contributed by atoms with van der Waals surface area (Å²) in [7, 11) is -0.998. The lowest BCUT2D eigenvalue weighted by atomic mass is 10.0. The molecule has 0 amide bonds. The lowest BCUT2D eigenvalue weighted by Gasteiger charge is -2.19. The van der Waals surface area contributed by atoms with E-state index in [0.717, 1.165) is 30.0 Å². The van der Waals surface area contributed by atoms with E-state index in [9.17, 15) is 4.21 Å². The van der Waals surface area contributed by atoms with Crippen LogP contribution in [0, 0.1) is 0 Å². The molecule has 0 radical (unpaired) electrons. The molecule has 14 heavy (non-hydrogen) atoms. The second-order valence-electron chi connectivity index (χ2n) is 3.40. The van der Waals surface area contributed by atoms with Gasteiger partial charge in [-0.2, -0.15) is 0 Å². The van der Waals surface area contributed by atoms with Crippen LogP contribution >= 0.6 is 11.6 Å². The largest absolute Gasteiger partial charge is 0.312 e. The fourth-order valence-electron chi connectivity index (χ4n) is 1.72. The minimum atomic E-state index is -0.998. The molecule has 0 aromatic heterocycles. The monoisotopic (exact) mass is 229 g/mol. The van der Waals surface area contributed by atoms with Crippen LogP contribution in [0.25, 0.3) is 0 Å². The molecule has 0 spiro atoms. The number of nitrogens with one attached hydrogen (secondary N) is 1. The lowest BCUT2D eigenvalue weighted by molar-refractivity contribution is 0.641. The molecule has 4 heteroatoms. The first-order valence-electron chi connectivity index (χ1n) is 4.54. The second-order valence-corrected chi connectivity index (χ2v) is 5.12. The summed E-state index contributed by atoms with van der Waals surface area (Å²) < 4.78 is 11.4. The molecule has 1 unspecified atom stereocenters. The number of hydrogen-bond donors (Lipinski definition) is 1. The maximum Gasteiger partial charge on any atom is 0.0615 e. The summed E-state index contributed by atoms with van der Waals surface area (Å²) in [5.41, 5.74) is 2.40. The number of benzene rings is 1. The van der Waals surface area contributed by atoms with Gasteiger partial charge < -0.3 is 5.32 Å². The van der Waals surface area contributed by atoms with E-state index in [1.165, 1.54) is 5.56 Å². The van der Waals surface area contributed by atoms with Gasteiger partial charge in [-0.25, -0.2) is 0 Å². The smallest absolute Gasteiger partial charge is 0.0615 e. The Labute approximate surface area is 91.1 Å². The summed E-state index contributed by atoms with van der Waals surface area (Å²) in [5.74, 6) is 0. The highest BCUT2D eigenvalue weighted by atomic mass is 35.5.